The molecule has 4 heteroatoms. The van der Waals surface area contributed by atoms with Crippen LogP contribution in [0.2, 0.25) is 5.15 Å². The van der Waals surface area contributed by atoms with Crippen LogP contribution in [0, 0.1) is 0 Å². The van der Waals surface area contributed by atoms with Crippen molar-refractivity contribution in [3.8, 4) is 0 Å². The van der Waals surface area contributed by atoms with Gasteiger partial charge in [0.05, 0.1) is 0 Å². The standard InChI is InChI=1S/C13H20ClN3/c1-17(12-5-3-7-15-9-6-12)10-11-4-2-8-16-13(11)14/h2,4,8,12,15H,3,5-7,9-10H2,1H3. The number of nitrogens with zero attached hydrogens (tertiary/aromatic N) is 2. The molecule has 1 N–H and O–H groups in total. The van der Waals surface area contributed by atoms with E-state index >= 15 is 0 Å². The summed E-state index contributed by atoms with van der Waals surface area (Å²) in [6.45, 7) is 3.16. The van der Waals surface area contributed by atoms with E-state index in [1.54, 1.807) is 6.20 Å². The van der Waals surface area contributed by atoms with Gasteiger partial charge in [-0.25, -0.2) is 4.98 Å². The van der Waals surface area contributed by atoms with Gasteiger partial charge in [-0.2, -0.15) is 0 Å². The Kier molecular flexibility index (Phi) is 4.77. The molecule has 1 aliphatic rings. The molecule has 3 nitrogen and oxygen atoms in total. The van der Waals surface area contributed by atoms with Crippen LogP contribution >= 0.6 is 11.6 Å². The summed E-state index contributed by atoms with van der Waals surface area (Å²) in [5, 5.41) is 4.07. The molecule has 94 valence electrons. The molecule has 0 aromatic carbocycles. The molecule has 1 unspecified atom stereocenters. The van der Waals surface area contributed by atoms with Crippen molar-refractivity contribution in [3.63, 3.8) is 0 Å². The van der Waals surface area contributed by atoms with Crippen LogP contribution in [0.15, 0.2) is 18.3 Å². The van der Waals surface area contributed by atoms with Crippen LogP contribution in [0.5, 0.6) is 0 Å². The number of pyridine rings is 1. The van der Waals surface area contributed by atoms with E-state index in [0.717, 1.165) is 25.2 Å². The first-order valence-electron chi connectivity index (χ1n) is 6.27. The van der Waals surface area contributed by atoms with Gasteiger partial charge >= 0.3 is 0 Å². The van der Waals surface area contributed by atoms with Gasteiger partial charge in [0.15, 0.2) is 0 Å². The van der Waals surface area contributed by atoms with Gasteiger partial charge in [0.25, 0.3) is 0 Å². The van der Waals surface area contributed by atoms with Crippen LogP contribution in [0.25, 0.3) is 0 Å². The summed E-state index contributed by atoms with van der Waals surface area (Å²) in [6.07, 6.45) is 5.48. The summed E-state index contributed by atoms with van der Waals surface area (Å²) in [5.41, 5.74) is 1.12. The smallest absolute Gasteiger partial charge is 0.133 e. The normalized spacial score (nSPS) is 21.5. The Hall–Kier alpha value is -0.640. The lowest BCUT2D eigenvalue weighted by Crippen LogP contribution is -2.32. The number of hydrogen-bond acceptors (Lipinski definition) is 3. The second-order valence-corrected chi connectivity index (χ2v) is 5.06. The highest BCUT2D eigenvalue weighted by Crippen LogP contribution is 2.18. The zero-order valence-corrected chi connectivity index (χ0v) is 11.1. The lowest BCUT2D eigenvalue weighted by molar-refractivity contribution is 0.216. The third kappa shape index (κ3) is 3.66. The van der Waals surface area contributed by atoms with Crippen molar-refractivity contribution in [3.05, 3.63) is 29.0 Å². The summed E-state index contributed by atoms with van der Waals surface area (Å²) in [5.74, 6) is 0. The van der Waals surface area contributed by atoms with E-state index in [-0.39, 0.29) is 0 Å². The first-order valence-corrected chi connectivity index (χ1v) is 6.65. The fourth-order valence-corrected chi connectivity index (χ4v) is 2.56. The Labute approximate surface area is 108 Å². The molecule has 0 spiro atoms. The van der Waals surface area contributed by atoms with Crippen LogP contribution in [0.4, 0.5) is 0 Å². The zero-order valence-electron chi connectivity index (χ0n) is 10.3. The van der Waals surface area contributed by atoms with Crippen molar-refractivity contribution < 1.29 is 0 Å². The van der Waals surface area contributed by atoms with Gasteiger partial charge in [-0.05, 0) is 45.5 Å². The highest BCUT2D eigenvalue weighted by atomic mass is 35.5. The van der Waals surface area contributed by atoms with Crippen molar-refractivity contribution in [2.45, 2.75) is 31.8 Å². The molecule has 0 amide bonds. The summed E-state index contributed by atoms with van der Waals surface area (Å²) in [6, 6.07) is 4.66. The quantitative estimate of drug-likeness (QED) is 0.838. The Morgan fingerprint density at radius 3 is 3.18 bits per heavy atom. The molecule has 0 aliphatic carbocycles. The van der Waals surface area contributed by atoms with Crippen molar-refractivity contribution >= 4 is 11.6 Å². The number of halogens is 1. The lowest BCUT2D eigenvalue weighted by atomic mass is 10.1. The van der Waals surface area contributed by atoms with Crippen molar-refractivity contribution in [2.24, 2.45) is 0 Å². The largest absolute Gasteiger partial charge is 0.317 e. The van der Waals surface area contributed by atoms with E-state index in [1.165, 1.54) is 19.3 Å². The molecule has 1 aliphatic heterocycles. The molecule has 0 saturated carbocycles. The van der Waals surface area contributed by atoms with Crippen molar-refractivity contribution in [2.75, 3.05) is 20.1 Å². The Balaban J connectivity index is 1.95. The number of hydrogen-bond donors (Lipinski definition) is 1. The third-order valence-electron chi connectivity index (χ3n) is 3.42. The minimum atomic E-state index is 0.631. The number of rotatable bonds is 3. The molecule has 0 bridgehead atoms. The number of nitrogens with one attached hydrogen (secondary N) is 1. The third-order valence-corrected chi connectivity index (χ3v) is 3.76. The molecule has 1 aromatic heterocycles. The maximum atomic E-state index is 6.09. The minimum absolute atomic E-state index is 0.631. The van der Waals surface area contributed by atoms with Crippen LogP contribution in [0.3, 0.4) is 0 Å². The highest BCUT2D eigenvalue weighted by molar-refractivity contribution is 6.30. The van der Waals surface area contributed by atoms with Crippen molar-refractivity contribution in [1.82, 2.24) is 15.2 Å². The predicted octanol–water partition coefficient (Wildman–Crippen LogP) is 2.31. The molecule has 2 heterocycles. The Bertz CT molecular complexity index is 348. The van der Waals surface area contributed by atoms with Gasteiger partial charge in [0.2, 0.25) is 0 Å². The Morgan fingerprint density at radius 1 is 1.47 bits per heavy atom. The molecule has 1 aromatic rings. The van der Waals surface area contributed by atoms with Gasteiger partial charge in [0, 0.05) is 24.3 Å². The van der Waals surface area contributed by atoms with E-state index in [2.05, 4.69) is 28.3 Å². The average Bonchev–Trinajstić information content (AvgIpc) is 2.61. The topological polar surface area (TPSA) is 28.2 Å². The summed E-state index contributed by atoms with van der Waals surface area (Å²) in [4.78, 5) is 6.52. The molecule has 1 saturated heterocycles. The zero-order chi connectivity index (χ0) is 12.1. The maximum Gasteiger partial charge on any atom is 0.133 e. The van der Waals surface area contributed by atoms with E-state index in [4.69, 9.17) is 11.6 Å². The average molecular weight is 254 g/mol. The van der Waals surface area contributed by atoms with Gasteiger partial charge in [-0.3, -0.25) is 4.90 Å². The van der Waals surface area contributed by atoms with Gasteiger partial charge in [0.1, 0.15) is 5.15 Å². The molecule has 1 fully saturated rings. The molecule has 17 heavy (non-hydrogen) atoms. The Morgan fingerprint density at radius 2 is 2.35 bits per heavy atom. The molecule has 1 atom stereocenters. The van der Waals surface area contributed by atoms with Gasteiger partial charge in [-0.15, -0.1) is 0 Å². The van der Waals surface area contributed by atoms with Crippen LogP contribution in [0.1, 0.15) is 24.8 Å². The summed E-state index contributed by atoms with van der Waals surface area (Å²) in [7, 11) is 2.18. The van der Waals surface area contributed by atoms with Gasteiger partial charge in [-0.1, -0.05) is 17.7 Å². The van der Waals surface area contributed by atoms with E-state index in [9.17, 15) is 0 Å². The summed E-state index contributed by atoms with van der Waals surface area (Å²) >= 11 is 6.09. The van der Waals surface area contributed by atoms with E-state index in [1.807, 2.05) is 6.07 Å². The monoisotopic (exact) mass is 253 g/mol. The van der Waals surface area contributed by atoms with Crippen LogP contribution < -0.4 is 5.32 Å². The van der Waals surface area contributed by atoms with E-state index in [0.29, 0.717) is 11.2 Å². The predicted molar refractivity (Wildman–Crippen MR) is 71.2 cm³/mol. The fourth-order valence-electron chi connectivity index (χ4n) is 2.38. The highest BCUT2D eigenvalue weighted by Gasteiger charge is 2.17. The molecular weight excluding hydrogens is 234 g/mol. The van der Waals surface area contributed by atoms with E-state index < -0.39 is 0 Å². The second kappa shape index (κ2) is 6.34. The van der Waals surface area contributed by atoms with Crippen LogP contribution in [-0.2, 0) is 6.54 Å². The SMILES string of the molecule is CN(Cc1cccnc1Cl)C1CCCNCC1. The van der Waals surface area contributed by atoms with Gasteiger partial charge < -0.3 is 5.32 Å². The lowest BCUT2D eigenvalue weighted by Gasteiger charge is -2.27. The van der Waals surface area contributed by atoms with Crippen molar-refractivity contribution in [1.29, 1.82) is 0 Å². The first-order chi connectivity index (χ1) is 8.27. The second-order valence-electron chi connectivity index (χ2n) is 4.70. The molecule has 0 radical (unpaired) electrons. The fraction of sp³-hybridized carbons (Fsp3) is 0.615. The number of aromatic nitrogens is 1. The minimum Gasteiger partial charge on any atom is -0.317 e. The maximum absolute atomic E-state index is 6.09. The molecule has 2 rings (SSSR count). The van der Waals surface area contributed by atoms with Crippen LogP contribution in [-0.4, -0.2) is 36.1 Å². The summed E-state index contributed by atoms with van der Waals surface area (Å²) < 4.78 is 0. The first kappa shape index (κ1) is 12.8. The molecular formula is C13H20ClN3.